The molecular formula is C16H32N2O2. The van der Waals surface area contributed by atoms with E-state index in [1.165, 1.54) is 25.7 Å². The van der Waals surface area contributed by atoms with Gasteiger partial charge in [-0.3, -0.25) is 4.90 Å². The topological polar surface area (TPSA) is 24.9 Å². The summed E-state index contributed by atoms with van der Waals surface area (Å²) in [4.78, 5) is 4.69. The molecule has 1 aliphatic heterocycles. The van der Waals surface area contributed by atoms with Crippen LogP contribution in [-0.2, 0) is 9.47 Å². The van der Waals surface area contributed by atoms with E-state index in [0.29, 0.717) is 12.2 Å². The smallest absolute Gasteiger partial charge is 0.0829 e. The van der Waals surface area contributed by atoms with Crippen LogP contribution in [0.3, 0.4) is 0 Å². The molecular weight excluding hydrogens is 252 g/mol. The highest BCUT2D eigenvalue weighted by Crippen LogP contribution is 2.26. The lowest BCUT2D eigenvalue weighted by Gasteiger charge is -2.35. The van der Waals surface area contributed by atoms with Gasteiger partial charge in [0.15, 0.2) is 0 Å². The fourth-order valence-corrected chi connectivity index (χ4v) is 3.36. The summed E-state index contributed by atoms with van der Waals surface area (Å²) in [6.07, 6.45) is 6.18. The third-order valence-corrected chi connectivity index (χ3v) is 4.56. The second-order valence-electron chi connectivity index (χ2n) is 6.73. The van der Waals surface area contributed by atoms with Crippen molar-refractivity contribution < 1.29 is 9.47 Å². The van der Waals surface area contributed by atoms with Gasteiger partial charge in [0.25, 0.3) is 0 Å². The van der Waals surface area contributed by atoms with Crippen molar-refractivity contribution in [3.8, 4) is 0 Å². The lowest BCUT2D eigenvalue weighted by atomic mass is 9.88. The molecule has 2 fully saturated rings. The van der Waals surface area contributed by atoms with Gasteiger partial charge >= 0.3 is 0 Å². The van der Waals surface area contributed by atoms with Crippen LogP contribution in [0.1, 0.15) is 32.6 Å². The lowest BCUT2D eigenvalue weighted by molar-refractivity contribution is -0.0577. The van der Waals surface area contributed by atoms with Crippen molar-refractivity contribution in [2.45, 2.75) is 44.8 Å². The maximum atomic E-state index is 6.12. The second kappa shape index (κ2) is 8.32. The zero-order valence-corrected chi connectivity index (χ0v) is 13.5. The summed E-state index contributed by atoms with van der Waals surface area (Å²) in [7, 11) is 4.21. The van der Waals surface area contributed by atoms with Crippen LogP contribution in [0.5, 0.6) is 0 Å². The Morgan fingerprint density at radius 3 is 2.80 bits per heavy atom. The van der Waals surface area contributed by atoms with Gasteiger partial charge in [-0.05, 0) is 32.9 Å². The monoisotopic (exact) mass is 284 g/mol. The molecule has 0 spiro atoms. The van der Waals surface area contributed by atoms with Gasteiger partial charge in [-0.25, -0.2) is 0 Å². The Morgan fingerprint density at radius 2 is 2.05 bits per heavy atom. The van der Waals surface area contributed by atoms with E-state index in [0.717, 1.165) is 45.3 Å². The van der Waals surface area contributed by atoms with Crippen molar-refractivity contribution in [1.82, 2.24) is 9.80 Å². The summed E-state index contributed by atoms with van der Waals surface area (Å²) in [5.41, 5.74) is 0. The normalized spacial score (nSPS) is 32.7. The number of likely N-dealkylation sites (N-methyl/N-ethyl adjacent to an activating group) is 1. The molecule has 3 atom stereocenters. The third kappa shape index (κ3) is 5.32. The van der Waals surface area contributed by atoms with E-state index in [9.17, 15) is 0 Å². The molecule has 4 heteroatoms. The van der Waals surface area contributed by atoms with Crippen molar-refractivity contribution >= 4 is 0 Å². The number of nitrogens with zero attached hydrogens (tertiary/aromatic N) is 2. The molecule has 1 saturated carbocycles. The maximum absolute atomic E-state index is 6.12. The van der Waals surface area contributed by atoms with E-state index >= 15 is 0 Å². The molecule has 4 nitrogen and oxygen atoms in total. The molecule has 2 aliphatic rings. The molecule has 0 N–H and O–H groups in total. The van der Waals surface area contributed by atoms with E-state index in [1.54, 1.807) is 0 Å². The fourth-order valence-electron chi connectivity index (χ4n) is 3.36. The molecule has 3 unspecified atom stereocenters. The average Bonchev–Trinajstić information content (AvgIpc) is 2.41. The van der Waals surface area contributed by atoms with E-state index in [-0.39, 0.29) is 0 Å². The molecule has 1 heterocycles. The second-order valence-corrected chi connectivity index (χ2v) is 6.73. The number of hydrogen-bond donors (Lipinski definition) is 0. The van der Waals surface area contributed by atoms with Gasteiger partial charge in [0.2, 0.25) is 0 Å². The van der Waals surface area contributed by atoms with Crippen LogP contribution in [-0.4, -0.2) is 75.5 Å². The summed E-state index contributed by atoms with van der Waals surface area (Å²) in [6, 6.07) is 0. The van der Waals surface area contributed by atoms with Crippen molar-refractivity contribution in [3.05, 3.63) is 0 Å². The van der Waals surface area contributed by atoms with Crippen LogP contribution >= 0.6 is 0 Å². The minimum atomic E-state index is 0.354. The molecule has 0 bridgehead atoms. The summed E-state index contributed by atoms with van der Waals surface area (Å²) in [6.45, 7) is 8.23. The molecule has 0 aromatic heterocycles. The van der Waals surface area contributed by atoms with E-state index < -0.39 is 0 Å². The van der Waals surface area contributed by atoms with Crippen LogP contribution in [0.4, 0.5) is 0 Å². The number of rotatable bonds is 6. The molecule has 20 heavy (non-hydrogen) atoms. The zero-order valence-electron chi connectivity index (χ0n) is 13.5. The zero-order chi connectivity index (χ0) is 14.4. The Kier molecular flexibility index (Phi) is 6.75. The highest BCUT2D eigenvalue weighted by Gasteiger charge is 2.23. The highest BCUT2D eigenvalue weighted by molar-refractivity contribution is 4.75. The SMILES string of the molecule is CC1CCCCC1OCCN1CCOC(CN(C)C)C1. The standard InChI is InChI=1S/C16H32N2O2/c1-14-6-4-5-7-16(14)20-11-9-18-8-10-19-15(13-18)12-17(2)3/h14-16H,4-13H2,1-3H3. The Morgan fingerprint density at radius 1 is 1.25 bits per heavy atom. The first kappa shape index (κ1) is 16.2. The van der Waals surface area contributed by atoms with Gasteiger partial charge in [0.05, 0.1) is 25.4 Å². The van der Waals surface area contributed by atoms with Gasteiger partial charge in [-0.2, -0.15) is 0 Å². The van der Waals surface area contributed by atoms with Gasteiger partial charge in [-0.1, -0.05) is 19.8 Å². The quantitative estimate of drug-likeness (QED) is 0.743. The van der Waals surface area contributed by atoms with Crippen LogP contribution in [0.2, 0.25) is 0 Å². The molecule has 118 valence electrons. The molecule has 0 aromatic carbocycles. The Hall–Kier alpha value is -0.160. The molecule has 2 rings (SSSR count). The van der Waals surface area contributed by atoms with Crippen LogP contribution in [0, 0.1) is 5.92 Å². The molecule has 0 aromatic rings. The van der Waals surface area contributed by atoms with Crippen molar-refractivity contribution in [3.63, 3.8) is 0 Å². The van der Waals surface area contributed by atoms with Crippen LogP contribution in [0.15, 0.2) is 0 Å². The van der Waals surface area contributed by atoms with Gasteiger partial charge < -0.3 is 14.4 Å². The Balaban J connectivity index is 1.63. The molecule has 0 radical (unpaired) electrons. The number of hydrogen-bond acceptors (Lipinski definition) is 4. The number of morpholine rings is 1. The lowest BCUT2D eigenvalue weighted by Crippen LogP contribution is -2.47. The fraction of sp³-hybridized carbons (Fsp3) is 1.00. The highest BCUT2D eigenvalue weighted by atomic mass is 16.5. The summed E-state index contributed by atoms with van der Waals surface area (Å²) in [5, 5.41) is 0. The van der Waals surface area contributed by atoms with E-state index in [2.05, 4.69) is 30.8 Å². The van der Waals surface area contributed by atoms with Crippen molar-refractivity contribution in [1.29, 1.82) is 0 Å². The van der Waals surface area contributed by atoms with Gasteiger partial charge in [0.1, 0.15) is 0 Å². The molecule has 0 amide bonds. The first-order valence-corrected chi connectivity index (χ1v) is 8.25. The summed E-state index contributed by atoms with van der Waals surface area (Å²) < 4.78 is 11.9. The first-order valence-electron chi connectivity index (χ1n) is 8.25. The minimum absolute atomic E-state index is 0.354. The predicted octanol–water partition coefficient (Wildman–Crippen LogP) is 1.84. The molecule has 1 saturated heterocycles. The van der Waals surface area contributed by atoms with Gasteiger partial charge in [0, 0.05) is 26.2 Å². The van der Waals surface area contributed by atoms with Crippen molar-refractivity contribution in [2.24, 2.45) is 5.92 Å². The van der Waals surface area contributed by atoms with Crippen LogP contribution in [0.25, 0.3) is 0 Å². The summed E-state index contributed by atoms with van der Waals surface area (Å²) in [5.74, 6) is 0.745. The van der Waals surface area contributed by atoms with Crippen molar-refractivity contribution in [2.75, 3.05) is 53.5 Å². The maximum Gasteiger partial charge on any atom is 0.0829 e. The summed E-state index contributed by atoms with van der Waals surface area (Å²) >= 11 is 0. The Bertz CT molecular complexity index is 273. The largest absolute Gasteiger partial charge is 0.377 e. The first-order chi connectivity index (χ1) is 9.65. The van der Waals surface area contributed by atoms with Crippen LogP contribution < -0.4 is 0 Å². The molecule has 1 aliphatic carbocycles. The Labute approximate surface area is 124 Å². The van der Waals surface area contributed by atoms with E-state index in [4.69, 9.17) is 9.47 Å². The van der Waals surface area contributed by atoms with Gasteiger partial charge in [-0.15, -0.1) is 0 Å². The minimum Gasteiger partial charge on any atom is -0.377 e. The third-order valence-electron chi connectivity index (χ3n) is 4.56. The average molecular weight is 284 g/mol. The predicted molar refractivity (Wildman–Crippen MR) is 82.1 cm³/mol. The number of ether oxygens (including phenoxy) is 2. The van der Waals surface area contributed by atoms with E-state index in [1.807, 2.05) is 0 Å².